The van der Waals surface area contributed by atoms with Crippen molar-refractivity contribution in [2.75, 3.05) is 26.4 Å². The van der Waals surface area contributed by atoms with Crippen LogP contribution in [0.1, 0.15) is 213 Å². The molecule has 0 rings (SSSR count). The van der Waals surface area contributed by atoms with E-state index in [0.29, 0.717) is 26.1 Å². The van der Waals surface area contributed by atoms with Gasteiger partial charge in [-0.2, -0.15) is 0 Å². The Morgan fingerprint density at radius 2 is 0.765 bits per heavy atom. The van der Waals surface area contributed by atoms with Crippen LogP contribution in [0.3, 0.4) is 0 Å². The summed E-state index contributed by atoms with van der Waals surface area (Å²) in [5, 5.41) is 0. The summed E-state index contributed by atoms with van der Waals surface area (Å²) in [5.74, 6) is -0.0987. The van der Waals surface area contributed by atoms with Crippen molar-refractivity contribution in [2.45, 2.75) is 219 Å². The van der Waals surface area contributed by atoms with Crippen LogP contribution in [0.5, 0.6) is 0 Å². The Kier molecular flexibility index (Phi) is 43.1. The zero-order chi connectivity index (χ0) is 36.6. The zero-order valence-corrected chi connectivity index (χ0v) is 35.2. The lowest BCUT2D eigenvalue weighted by molar-refractivity contribution is 0.0533. The lowest BCUT2D eigenvalue weighted by atomic mass is 9.97. The smallest absolute Gasteiger partial charge is 0.217 e. The Labute approximate surface area is 318 Å². The van der Waals surface area contributed by atoms with Gasteiger partial charge in [0.1, 0.15) is 0 Å². The first-order chi connectivity index (χ1) is 24.4. The summed E-state index contributed by atoms with van der Waals surface area (Å²) in [7, 11) is -4.73. The van der Waals surface area contributed by atoms with Crippen molar-refractivity contribution in [1.82, 2.24) is 6.15 Å². The molecular formula is C43H87NO6S. The second-order valence-corrected chi connectivity index (χ2v) is 15.7. The van der Waals surface area contributed by atoms with E-state index in [-0.39, 0.29) is 12.1 Å². The van der Waals surface area contributed by atoms with Gasteiger partial charge in [0.05, 0.1) is 6.10 Å². The maximum absolute atomic E-state index is 11.2. The Balaban J connectivity index is 0. The van der Waals surface area contributed by atoms with Crippen LogP contribution in [-0.4, -0.2) is 45.5 Å². The van der Waals surface area contributed by atoms with E-state index in [4.69, 9.17) is 13.7 Å². The molecule has 0 bridgehead atoms. The van der Waals surface area contributed by atoms with Gasteiger partial charge in [-0.25, -0.2) is 8.42 Å². The highest BCUT2D eigenvalue weighted by Gasteiger charge is 2.20. The number of ether oxygens (including phenoxy) is 2. The Morgan fingerprint density at radius 3 is 1.08 bits per heavy atom. The van der Waals surface area contributed by atoms with Crippen LogP contribution in [0.4, 0.5) is 0 Å². The average Bonchev–Trinajstić information content (AvgIpc) is 3.08. The minimum atomic E-state index is -4.73. The van der Waals surface area contributed by atoms with Crippen molar-refractivity contribution in [3.8, 4) is 0 Å². The molecule has 0 saturated carbocycles. The zero-order valence-electron chi connectivity index (χ0n) is 34.4. The normalized spacial score (nSPS) is 12.8. The molecule has 0 saturated heterocycles. The van der Waals surface area contributed by atoms with Crippen molar-refractivity contribution in [3.05, 3.63) is 24.3 Å². The molecule has 0 radical (unpaired) electrons. The largest absolute Gasteiger partial charge is 0.726 e. The summed E-state index contributed by atoms with van der Waals surface area (Å²) in [6.07, 6.45) is 46.1. The van der Waals surface area contributed by atoms with Gasteiger partial charge in [-0.05, 0) is 89.9 Å². The fourth-order valence-electron chi connectivity index (χ4n) is 6.46. The van der Waals surface area contributed by atoms with E-state index in [2.05, 4.69) is 38.2 Å². The first-order valence-corrected chi connectivity index (χ1v) is 22.8. The van der Waals surface area contributed by atoms with Crippen LogP contribution < -0.4 is 6.15 Å². The number of rotatable bonds is 41. The van der Waals surface area contributed by atoms with Gasteiger partial charge in [0.25, 0.3) is 0 Å². The van der Waals surface area contributed by atoms with Gasteiger partial charge in [-0.15, -0.1) is 0 Å². The molecule has 0 aliphatic carbocycles. The first kappa shape index (κ1) is 52.3. The molecule has 1 unspecified atom stereocenters. The van der Waals surface area contributed by atoms with Gasteiger partial charge in [0.2, 0.25) is 10.4 Å². The first-order valence-electron chi connectivity index (χ1n) is 21.5. The van der Waals surface area contributed by atoms with E-state index in [1.807, 2.05) is 0 Å². The summed E-state index contributed by atoms with van der Waals surface area (Å²) in [4.78, 5) is 0. The molecule has 8 heteroatoms. The molecule has 4 N–H and O–H groups in total. The number of hydrogen-bond donors (Lipinski definition) is 1. The summed E-state index contributed by atoms with van der Waals surface area (Å²) in [6, 6.07) is 0. The number of quaternary nitrogens is 1. The van der Waals surface area contributed by atoms with Gasteiger partial charge < -0.3 is 20.2 Å². The van der Waals surface area contributed by atoms with E-state index >= 15 is 0 Å². The monoisotopic (exact) mass is 746 g/mol. The van der Waals surface area contributed by atoms with Gasteiger partial charge >= 0.3 is 0 Å². The quantitative estimate of drug-likeness (QED) is 0.0288. The number of allylic oxidation sites excluding steroid dienone is 4. The Hall–Kier alpha value is -0.770. The predicted molar refractivity (Wildman–Crippen MR) is 219 cm³/mol. The lowest BCUT2D eigenvalue weighted by Crippen LogP contribution is -2.26. The highest BCUT2D eigenvalue weighted by Crippen LogP contribution is 2.19. The highest BCUT2D eigenvalue weighted by molar-refractivity contribution is 7.80. The van der Waals surface area contributed by atoms with Gasteiger partial charge in [-0.3, -0.25) is 4.18 Å². The number of unbranched alkanes of at least 4 members (excludes halogenated alkanes) is 24. The van der Waals surface area contributed by atoms with Gasteiger partial charge in [0.15, 0.2) is 0 Å². The van der Waals surface area contributed by atoms with E-state index in [0.717, 1.165) is 26.1 Å². The Bertz CT molecular complexity index is 786. The maximum Gasteiger partial charge on any atom is 0.217 e. The second kappa shape index (κ2) is 42.0. The molecule has 0 amide bonds. The van der Waals surface area contributed by atoms with E-state index < -0.39 is 16.5 Å². The third-order valence-corrected chi connectivity index (χ3v) is 10.3. The third kappa shape index (κ3) is 43.5. The molecule has 7 nitrogen and oxygen atoms in total. The van der Waals surface area contributed by atoms with Gasteiger partial charge in [0, 0.05) is 26.4 Å². The molecule has 0 aromatic rings. The van der Waals surface area contributed by atoms with Crippen LogP contribution in [0.15, 0.2) is 24.3 Å². The molecule has 0 aromatic heterocycles. The highest BCUT2D eigenvalue weighted by atomic mass is 32.3. The summed E-state index contributed by atoms with van der Waals surface area (Å²) in [5.41, 5.74) is 0. The molecule has 0 heterocycles. The topological polar surface area (TPSA) is 121 Å². The van der Waals surface area contributed by atoms with Crippen LogP contribution in [0.25, 0.3) is 0 Å². The summed E-state index contributed by atoms with van der Waals surface area (Å²) in [6.45, 7) is 8.71. The summed E-state index contributed by atoms with van der Waals surface area (Å²) >= 11 is 0. The lowest BCUT2D eigenvalue weighted by Gasteiger charge is -2.25. The van der Waals surface area contributed by atoms with Crippen molar-refractivity contribution in [3.63, 3.8) is 0 Å². The van der Waals surface area contributed by atoms with Crippen molar-refractivity contribution < 1.29 is 26.6 Å². The van der Waals surface area contributed by atoms with Crippen LogP contribution in [0, 0.1) is 5.92 Å². The van der Waals surface area contributed by atoms with E-state index in [9.17, 15) is 13.0 Å². The minimum Gasteiger partial charge on any atom is -0.726 e. The molecular weight excluding hydrogens is 659 g/mol. The van der Waals surface area contributed by atoms with Crippen molar-refractivity contribution in [1.29, 1.82) is 0 Å². The van der Waals surface area contributed by atoms with Crippen LogP contribution in [-0.2, 0) is 24.1 Å². The molecule has 0 aromatic carbocycles. The SMILES string of the molecule is CCCCCCCC/C=C\CCCCCCCCOCCC(CCOCCCCCCCC/C=C\CCCCCCCC)C(C)OS(=O)(=O)[O-].[NH4+]. The molecule has 51 heavy (non-hydrogen) atoms. The van der Waals surface area contributed by atoms with Crippen LogP contribution >= 0.6 is 0 Å². The van der Waals surface area contributed by atoms with Crippen molar-refractivity contribution >= 4 is 10.4 Å². The maximum atomic E-state index is 11.2. The molecule has 1 atom stereocenters. The van der Waals surface area contributed by atoms with Crippen LogP contribution in [0.2, 0.25) is 0 Å². The molecule has 0 fully saturated rings. The molecule has 0 spiro atoms. The third-order valence-electron chi connectivity index (χ3n) is 9.80. The predicted octanol–water partition coefficient (Wildman–Crippen LogP) is 13.7. The standard InChI is InChI=1S/C43H84O6S.H3N/c1-4-6-8-10-12-14-16-18-20-22-24-26-28-30-32-34-38-47-40-36-43(42(3)49-50(44,45)46)37-41-48-39-35-33-31-29-27-25-23-21-19-17-15-13-11-9-7-5-2;/h18-21,42-43H,4-17,22-41H2,1-3H3,(H,44,45,46);1H3/b20-18-,21-19-;. The number of hydrogen-bond acceptors (Lipinski definition) is 6. The minimum absolute atomic E-state index is 0. The molecule has 306 valence electrons. The fourth-order valence-corrected chi connectivity index (χ4v) is 6.98. The van der Waals surface area contributed by atoms with E-state index in [1.165, 1.54) is 167 Å². The molecule has 0 aliphatic rings. The fraction of sp³-hybridized carbons (Fsp3) is 0.907. The van der Waals surface area contributed by atoms with Gasteiger partial charge in [-0.1, -0.05) is 154 Å². The van der Waals surface area contributed by atoms with E-state index in [1.54, 1.807) is 6.92 Å². The molecule has 0 aliphatic heterocycles. The second-order valence-electron chi connectivity index (χ2n) is 14.6. The van der Waals surface area contributed by atoms with Crippen molar-refractivity contribution in [2.24, 2.45) is 5.92 Å². The summed E-state index contributed by atoms with van der Waals surface area (Å²) < 4.78 is 50.1. The Morgan fingerprint density at radius 1 is 0.471 bits per heavy atom. The average molecular weight is 746 g/mol.